The summed E-state index contributed by atoms with van der Waals surface area (Å²) in [6, 6.07) is 81.3. The van der Waals surface area contributed by atoms with Gasteiger partial charge in [-0.2, -0.15) is 0 Å². The third-order valence-electron chi connectivity index (χ3n) is 13.1. The standard InChI is InChI=1S/C62H40N6/c1-5-17-41(18-6-1)45-29-32-56-50(37-45)48-25-13-15-27-54(48)67(56)58-34-31-47(62-65-60(43-21-9-3-10-22-43)64-61(66-62)44-23-11-4-12-24-44)39-52(58)53-40-63-36-35-59(53)68-55-28-16-14-26-49(55)51-38-46(30-33-57(51)68)42-19-7-2-8-20-42/h1-40H. The van der Waals surface area contributed by atoms with Gasteiger partial charge < -0.3 is 9.13 Å². The lowest BCUT2D eigenvalue weighted by Crippen LogP contribution is -2.04. The number of fused-ring (bicyclic) bond motifs is 6. The number of hydrogen-bond donors (Lipinski definition) is 0. The number of para-hydroxylation sites is 2. The molecule has 0 spiro atoms. The van der Waals surface area contributed by atoms with Crippen molar-refractivity contribution >= 4 is 43.6 Å². The van der Waals surface area contributed by atoms with Crippen molar-refractivity contribution in [1.82, 2.24) is 29.1 Å². The fourth-order valence-electron chi connectivity index (χ4n) is 9.90. The number of benzene rings is 9. The Bertz CT molecular complexity index is 3950. The van der Waals surface area contributed by atoms with Crippen LogP contribution < -0.4 is 0 Å². The maximum absolute atomic E-state index is 5.20. The van der Waals surface area contributed by atoms with Gasteiger partial charge in [0.05, 0.1) is 33.4 Å². The molecule has 0 fully saturated rings. The van der Waals surface area contributed by atoms with E-state index in [2.05, 4.69) is 179 Å². The number of aromatic nitrogens is 6. The molecule has 318 valence electrons. The predicted molar refractivity (Wildman–Crippen MR) is 279 cm³/mol. The molecule has 0 N–H and O–H groups in total. The molecule has 0 aliphatic heterocycles. The van der Waals surface area contributed by atoms with E-state index < -0.39 is 0 Å². The van der Waals surface area contributed by atoms with Crippen LogP contribution in [0.25, 0.3) is 123 Å². The zero-order chi connectivity index (χ0) is 45.0. The molecule has 0 saturated heterocycles. The van der Waals surface area contributed by atoms with Crippen LogP contribution in [-0.2, 0) is 0 Å². The zero-order valence-electron chi connectivity index (χ0n) is 36.8. The Balaban J connectivity index is 1.09. The van der Waals surface area contributed by atoms with Crippen molar-refractivity contribution in [2.24, 2.45) is 0 Å². The lowest BCUT2D eigenvalue weighted by atomic mass is 9.99. The van der Waals surface area contributed by atoms with Crippen LogP contribution in [0.2, 0.25) is 0 Å². The van der Waals surface area contributed by atoms with E-state index in [-0.39, 0.29) is 0 Å². The van der Waals surface area contributed by atoms with Crippen LogP contribution in [0.15, 0.2) is 243 Å². The number of nitrogens with zero attached hydrogens (tertiary/aromatic N) is 6. The summed E-state index contributed by atoms with van der Waals surface area (Å²) in [5, 5.41) is 4.72. The van der Waals surface area contributed by atoms with E-state index in [1.807, 2.05) is 73.1 Å². The van der Waals surface area contributed by atoms with Gasteiger partial charge in [0.25, 0.3) is 0 Å². The summed E-state index contributed by atoms with van der Waals surface area (Å²) >= 11 is 0. The Kier molecular flexibility index (Phi) is 9.39. The van der Waals surface area contributed by atoms with E-state index in [9.17, 15) is 0 Å². The largest absolute Gasteiger partial charge is 0.309 e. The molecule has 0 radical (unpaired) electrons. The first-order chi connectivity index (χ1) is 33.7. The molecule has 13 rings (SSSR count). The van der Waals surface area contributed by atoms with E-state index in [0.717, 1.165) is 61.3 Å². The lowest BCUT2D eigenvalue weighted by Gasteiger charge is -2.19. The molecule has 6 nitrogen and oxygen atoms in total. The summed E-state index contributed by atoms with van der Waals surface area (Å²) < 4.78 is 4.81. The minimum absolute atomic E-state index is 0.580. The van der Waals surface area contributed by atoms with Gasteiger partial charge in [-0.3, -0.25) is 4.98 Å². The zero-order valence-corrected chi connectivity index (χ0v) is 36.8. The third kappa shape index (κ3) is 6.66. The smallest absolute Gasteiger partial charge is 0.164 e. The van der Waals surface area contributed by atoms with Crippen molar-refractivity contribution in [2.75, 3.05) is 0 Å². The molecule has 0 bridgehead atoms. The molecular weight excluding hydrogens is 829 g/mol. The van der Waals surface area contributed by atoms with E-state index in [4.69, 9.17) is 19.9 Å². The Morgan fingerprint density at radius 1 is 0.265 bits per heavy atom. The Morgan fingerprint density at radius 3 is 1.16 bits per heavy atom. The van der Waals surface area contributed by atoms with E-state index in [1.165, 1.54) is 43.8 Å². The molecular formula is C62H40N6. The average Bonchev–Trinajstić information content (AvgIpc) is 3.93. The minimum atomic E-state index is 0.580. The van der Waals surface area contributed by atoms with Gasteiger partial charge >= 0.3 is 0 Å². The topological polar surface area (TPSA) is 61.4 Å². The molecule has 6 heteroatoms. The minimum Gasteiger partial charge on any atom is -0.309 e. The summed E-state index contributed by atoms with van der Waals surface area (Å²) in [6.07, 6.45) is 3.91. The predicted octanol–water partition coefficient (Wildman–Crippen LogP) is 15.5. The Morgan fingerprint density at radius 2 is 0.662 bits per heavy atom. The normalized spacial score (nSPS) is 11.5. The van der Waals surface area contributed by atoms with Crippen LogP contribution >= 0.6 is 0 Å². The second kappa shape index (κ2) is 16.3. The molecule has 9 aromatic carbocycles. The van der Waals surface area contributed by atoms with E-state index >= 15 is 0 Å². The van der Waals surface area contributed by atoms with Crippen LogP contribution in [-0.4, -0.2) is 29.1 Å². The third-order valence-corrected chi connectivity index (χ3v) is 13.1. The molecule has 68 heavy (non-hydrogen) atoms. The fraction of sp³-hybridized carbons (Fsp3) is 0. The second-order valence-corrected chi connectivity index (χ2v) is 17.1. The van der Waals surface area contributed by atoms with Gasteiger partial charge in [0.2, 0.25) is 0 Å². The van der Waals surface area contributed by atoms with Crippen LogP contribution in [0.4, 0.5) is 0 Å². The second-order valence-electron chi connectivity index (χ2n) is 17.1. The highest BCUT2D eigenvalue weighted by Crippen LogP contribution is 2.43. The van der Waals surface area contributed by atoms with Gasteiger partial charge in [-0.05, 0) is 82.9 Å². The number of pyridine rings is 1. The SMILES string of the molecule is c1ccc(-c2ccc3c(c2)c2ccccc2n3-c2ccncc2-c2cc(-c3nc(-c4ccccc4)nc(-c4ccccc4)n3)ccc2-n2c3ccccc3c3cc(-c4ccccc4)ccc32)cc1. The summed E-state index contributed by atoms with van der Waals surface area (Å²) in [5.74, 6) is 1.80. The van der Waals surface area contributed by atoms with Crippen molar-refractivity contribution in [3.63, 3.8) is 0 Å². The highest BCUT2D eigenvalue weighted by atomic mass is 15.0. The van der Waals surface area contributed by atoms with Gasteiger partial charge in [-0.1, -0.05) is 170 Å². The maximum atomic E-state index is 5.20. The highest BCUT2D eigenvalue weighted by Gasteiger charge is 2.23. The van der Waals surface area contributed by atoms with Crippen molar-refractivity contribution in [3.05, 3.63) is 243 Å². The molecule has 4 aromatic heterocycles. The number of hydrogen-bond acceptors (Lipinski definition) is 4. The lowest BCUT2D eigenvalue weighted by molar-refractivity contribution is 1.07. The average molecular weight is 869 g/mol. The quantitative estimate of drug-likeness (QED) is 0.153. The van der Waals surface area contributed by atoms with Crippen LogP contribution in [0.3, 0.4) is 0 Å². The van der Waals surface area contributed by atoms with Gasteiger partial charge in [0, 0.05) is 61.8 Å². The van der Waals surface area contributed by atoms with Crippen molar-refractivity contribution < 1.29 is 0 Å². The Hall–Kier alpha value is -9.26. The highest BCUT2D eigenvalue weighted by molar-refractivity contribution is 6.13. The Labute approximate surface area is 392 Å². The van der Waals surface area contributed by atoms with Crippen LogP contribution in [0.5, 0.6) is 0 Å². The molecule has 4 heterocycles. The molecule has 0 unspecified atom stereocenters. The first-order valence-electron chi connectivity index (χ1n) is 22.9. The number of rotatable bonds is 8. The molecule has 0 aliphatic rings. The summed E-state index contributed by atoms with van der Waals surface area (Å²) in [4.78, 5) is 20.3. The monoisotopic (exact) mass is 868 g/mol. The van der Waals surface area contributed by atoms with Gasteiger partial charge in [0.15, 0.2) is 17.5 Å². The van der Waals surface area contributed by atoms with Gasteiger partial charge in [-0.25, -0.2) is 15.0 Å². The first kappa shape index (κ1) is 39.1. The first-order valence-corrected chi connectivity index (χ1v) is 22.9. The van der Waals surface area contributed by atoms with E-state index in [0.29, 0.717) is 17.5 Å². The van der Waals surface area contributed by atoms with E-state index in [1.54, 1.807) is 0 Å². The van der Waals surface area contributed by atoms with Gasteiger partial charge in [0.1, 0.15) is 0 Å². The fourth-order valence-corrected chi connectivity index (χ4v) is 9.90. The summed E-state index contributed by atoms with van der Waals surface area (Å²) in [5.41, 5.74) is 15.8. The van der Waals surface area contributed by atoms with Crippen molar-refractivity contribution in [3.8, 4) is 78.9 Å². The summed E-state index contributed by atoms with van der Waals surface area (Å²) in [6.45, 7) is 0. The van der Waals surface area contributed by atoms with Crippen molar-refractivity contribution in [1.29, 1.82) is 0 Å². The molecule has 0 saturated carbocycles. The summed E-state index contributed by atoms with van der Waals surface area (Å²) in [7, 11) is 0. The molecule has 0 aliphatic carbocycles. The molecule has 0 amide bonds. The van der Waals surface area contributed by atoms with Crippen molar-refractivity contribution in [2.45, 2.75) is 0 Å². The van der Waals surface area contributed by atoms with Crippen LogP contribution in [0, 0.1) is 0 Å². The maximum Gasteiger partial charge on any atom is 0.164 e. The van der Waals surface area contributed by atoms with Gasteiger partial charge in [-0.15, -0.1) is 0 Å². The van der Waals surface area contributed by atoms with Crippen LogP contribution in [0.1, 0.15) is 0 Å². The molecule has 13 aromatic rings. The molecule has 0 atom stereocenters.